The van der Waals surface area contributed by atoms with Gasteiger partial charge in [-0.25, -0.2) is 4.98 Å². The Morgan fingerprint density at radius 3 is 2.87 bits per heavy atom. The smallest absolute Gasteiger partial charge is 0.225 e. The third-order valence-electron chi connectivity index (χ3n) is 1.91. The molecule has 0 saturated carbocycles. The van der Waals surface area contributed by atoms with Crippen LogP contribution >= 0.6 is 27.7 Å². The van der Waals surface area contributed by atoms with Crippen molar-refractivity contribution in [3.05, 3.63) is 10.7 Å². The standard InChI is InChI=1S/C9H15BrN4S/c1-3-6(5-15-2)12-9-13-7(10)4-8(11)14-9/h4,6H,3,5H2,1-2H3,(H3,11,12,13,14). The second-order valence-electron chi connectivity index (χ2n) is 3.14. The van der Waals surface area contributed by atoms with Gasteiger partial charge in [0.05, 0.1) is 0 Å². The maximum absolute atomic E-state index is 5.62. The Morgan fingerprint density at radius 1 is 1.60 bits per heavy atom. The SMILES string of the molecule is CCC(CSC)Nc1nc(N)cc(Br)n1. The normalized spacial score (nSPS) is 12.5. The van der Waals surface area contributed by atoms with Gasteiger partial charge in [-0.15, -0.1) is 0 Å². The van der Waals surface area contributed by atoms with E-state index in [2.05, 4.69) is 44.4 Å². The number of nitrogen functional groups attached to an aromatic ring is 1. The lowest BCUT2D eigenvalue weighted by Gasteiger charge is -2.15. The molecule has 1 rings (SSSR count). The van der Waals surface area contributed by atoms with Crippen LogP contribution in [0.2, 0.25) is 0 Å². The molecule has 1 aromatic heterocycles. The third-order valence-corrected chi connectivity index (χ3v) is 3.05. The molecule has 0 aliphatic heterocycles. The van der Waals surface area contributed by atoms with Gasteiger partial charge in [0.25, 0.3) is 0 Å². The summed E-state index contributed by atoms with van der Waals surface area (Å²) in [5.41, 5.74) is 5.62. The second kappa shape index (κ2) is 6.17. The molecule has 1 heterocycles. The number of thioether (sulfide) groups is 1. The highest BCUT2D eigenvalue weighted by atomic mass is 79.9. The van der Waals surface area contributed by atoms with Crippen molar-refractivity contribution < 1.29 is 0 Å². The molecule has 3 N–H and O–H groups in total. The molecule has 0 saturated heterocycles. The van der Waals surface area contributed by atoms with Crippen molar-refractivity contribution in [3.63, 3.8) is 0 Å². The van der Waals surface area contributed by atoms with E-state index in [-0.39, 0.29) is 0 Å². The topological polar surface area (TPSA) is 63.8 Å². The van der Waals surface area contributed by atoms with Crippen LogP contribution in [0.15, 0.2) is 10.7 Å². The lowest BCUT2D eigenvalue weighted by Crippen LogP contribution is -2.22. The van der Waals surface area contributed by atoms with Crippen molar-refractivity contribution in [3.8, 4) is 0 Å². The Hall–Kier alpha value is -0.490. The van der Waals surface area contributed by atoms with Crippen molar-refractivity contribution in [1.82, 2.24) is 9.97 Å². The largest absolute Gasteiger partial charge is 0.383 e. The van der Waals surface area contributed by atoms with Crippen LogP contribution in [-0.2, 0) is 0 Å². The van der Waals surface area contributed by atoms with E-state index in [9.17, 15) is 0 Å². The first-order chi connectivity index (χ1) is 7.15. The molecule has 4 nitrogen and oxygen atoms in total. The van der Waals surface area contributed by atoms with Gasteiger partial charge < -0.3 is 11.1 Å². The molecule has 1 unspecified atom stereocenters. The summed E-state index contributed by atoms with van der Waals surface area (Å²) in [7, 11) is 0. The monoisotopic (exact) mass is 290 g/mol. The summed E-state index contributed by atoms with van der Waals surface area (Å²) in [6.45, 7) is 2.13. The Labute approximate surface area is 103 Å². The number of nitrogens with zero attached hydrogens (tertiary/aromatic N) is 2. The van der Waals surface area contributed by atoms with Gasteiger partial charge in [0, 0.05) is 17.9 Å². The maximum atomic E-state index is 5.62. The quantitative estimate of drug-likeness (QED) is 0.815. The van der Waals surface area contributed by atoms with Crippen molar-refractivity contribution in [2.45, 2.75) is 19.4 Å². The second-order valence-corrected chi connectivity index (χ2v) is 4.87. The fraction of sp³-hybridized carbons (Fsp3) is 0.556. The Morgan fingerprint density at radius 2 is 2.33 bits per heavy atom. The minimum atomic E-state index is 0.383. The average molecular weight is 291 g/mol. The fourth-order valence-corrected chi connectivity index (χ4v) is 2.27. The highest BCUT2D eigenvalue weighted by molar-refractivity contribution is 9.10. The summed E-state index contributed by atoms with van der Waals surface area (Å²) in [5.74, 6) is 2.09. The minimum absolute atomic E-state index is 0.383. The van der Waals surface area contributed by atoms with Crippen molar-refractivity contribution in [1.29, 1.82) is 0 Å². The van der Waals surface area contributed by atoms with Crippen LogP contribution in [0.1, 0.15) is 13.3 Å². The van der Waals surface area contributed by atoms with E-state index in [1.54, 1.807) is 17.8 Å². The molecule has 6 heteroatoms. The summed E-state index contributed by atoms with van der Waals surface area (Å²) in [5, 5.41) is 3.26. The molecule has 0 spiro atoms. The number of aromatic nitrogens is 2. The van der Waals surface area contributed by atoms with Crippen molar-refractivity contribution in [2.75, 3.05) is 23.1 Å². The zero-order valence-corrected chi connectivity index (χ0v) is 11.2. The van der Waals surface area contributed by atoms with Crippen LogP contribution in [0.25, 0.3) is 0 Å². The van der Waals surface area contributed by atoms with Crippen LogP contribution in [-0.4, -0.2) is 28.0 Å². The number of nitrogens with one attached hydrogen (secondary N) is 1. The van der Waals surface area contributed by atoms with Gasteiger partial charge in [-0.2, -0.15) is 16.7 Å². The molecule has 84 valence electrons. The third kappa shape index (κ3) is 4.25. The van der Waals surface area contributed by atoms with E-state index in [0.29, 0.717) is 22.4 Å². The van der Waals surface area contributed by atoms with Crippen LogP contribution in [0.5, 0.6) is 0 Å². The fourth-order valence-electron chi connectivity index (χ4n) is 1.14. The molecule has 1 aromatic rings. The number of nitrogens with two attached hydrogens (primary N) is 1. The molecule has 0 radical (unpaired) electrons. The van der Waals surface area contributed by atoms with Gasteiger partial charge >= 0.3 is 0 Å². The van der Waals surface area contributed by atoms with Crippen LogP contribution in [0.4, 0.5) is 11.8 Å². The van der Waals surface area contributed by atoms with Crippen molar-refractivity contribution >= 4 is 39.5 Å². The van der Waals surface area contributed by atoms with E-state index >= 15 is 0 Å². The van der Waals surface area contributed by atoms with E-state index in [4.69, 9.17) is 5.73 Å². The molecular formula is C9H15BrN4S. The van der Waals surface area contributed by atoms with E-state index in [1.807, 2.05) is 0 Å². The molecule has 0 aromatic carbocycles. The highest BCUT2D eigenvalue weighted by Crippen LogP contribution is 2.14. The van der Waals surface area contributed by atoms with E-state index in [0.717, 1.165) is 12.2 Å². The average Bonchev–Trinajstić information content (AvgIpc) is 2.15. The number of hydrogen-bond donors (Lipinski definition) is 2. The van der Waals surface area contributed by atoms with Crippen LogP contribution in [0, 0.1) is 0 Å². The van der Waals surface area contributed by atoms with Gasteiger partial charge in [-0.3, -0.25) is 0 Å². The predicted octanol–water partition coefficient (Wildman–Crippen LogP) is 2.37. The lowest BCUT2D eigenvalue weighted by molar-refractivity contribution is 0.763. The summed E-state index contributed by atoms with van der Waals surface area (Å²) in [6, 6.07) is 2.06. The molecule has 0 aliphatic carbocycles. The first kappa shape index (κ1) is 12.6. The Kier molecular flexibility index (Phi) is 5.17. The van der Waals surface area contributed by atoms with Gasteiger partial charge in [0.15, 0.2) is 0 Å². The lowest BCUT2D eigenvalue weighted by atomic mass is 10.3. The Bertz CT molecular complexity index is 301. The molecule has 0 fully saturated rings. The Balaban J connectivity index is 2.69. The van der Waals surface area contributed by atoms with Gasteiger partial charge in [0.2, 0.25) is 5.95 Å². The number of anilines is 2. The molecule has 0 bridgehead atoms. The van der Waals surface area contributed by atoms with Crippen LogP contribution < -0.4 is 11.1 Å². The maximum Gasteiger partial charge on any atom is 0.225 e. The molecule has 15 heavy (non-hydrogen) atoms. The first-order valence-electron chi connectivity index (χ1n) is 4.71. The summed E-state index contributed by atoms with van der Waals surface area (Å²) in [6.07, 6.45) is 3.12. The van der Waals surface area contributed by atoms with Crippen LogP contribution in [0.3, 0.4) is 0 Å². The molecule has 0 aliphatic rings. The van der Waals surface area contributed by atoms with Gasteiger partial charge in [-0.1, -0.05) is 6.92 Å². The minimum Gasteiger partial charge on any atom is -0.383 e. The van der Waals surface area contributed by atoms with Crippen molar-refractivity contribution in [2.24, 2.45) is 0 Å². The number of halogens is 1. The number of hydrogen-bond acceptors (Lipinski definition) is 5. The molecule has 1 atom stereocenters. The molecular weight excluding hydrogens is 276 g/mol. The number of rotatable bonds is 5. The first-order valence-corrected chi connectivity index (χ1v) is 6.90. The summed E-state index contributed by atoms with van der Waals surface area (Å²) in [4.78, 5) is 8.33. The summed E-state index contributed by atoms with van der Waals surface area (Å²) >= 11 is 5.09. The van der Waals surface area contributed by atoms with Gasteiger partial charge in [-0.05, 0) is 28.6 Å². The van der Waals surface area contributed by atoms with E-state index < -0.39 is 0 Å². The predicted molar refractivity (Wildman–Crippen MR) is 70.2 cm³/mol. The van der Waals surface area contributed by atoms with Gasteiger partial charge in [0.1, 0.15) is 10.4 Å². The van der Waals surface area contributed by atoms with E-state index in [1.165, 1.54) is 0 Å². The zero-order chi connectivity index (χ0) is 11.3. The highest BCUT2D eigenvalue weighted by Gasteiger charge is 2.07. The zero-order valence-electron chi connectivity index (χ0n) is 8.83. The molecule has 0 amide bonds. The summed E-state index contributed by atoms with van der Waals surface area (Å²) < 4.78 is 0.705.